The Kier molecular flexibility index (Phi) is 3.86. The van der Waals surface area contributed by atoms with E-state index in [4.69, 9.17) is 9.15 Å². The third-order valence-electron chi connectivity index (χ3n) is 3.66. The zero-order chi connectivity index (χ0) is 13.8. The number of carbonyl (C=O) groups is 1. The van der Waals surface area contributed by atoms with Gasteiger partial charge in [0.1, 0.15) is 17.4 Å². The third kappa shape index (κ3) is 3.10. The molecule has 1 aliphatic carbocycles. The molecule has 1 saturated carbocycles. The van der Waals surface area contributed by atoms with Gasteiger partial charge in [-0.2, -0.15) is 0 Å². The van der Waals surface area contributed by atoms with Crippen molar-refractivity contribution < 1.29 is 13.9 Å². The lowest BCUT2D eigenvalue weighted by Gasteiger charge is -2.20. The molecule has 104 valence electrons. The van der Waals surface area contributed by atoms with Gasteiger partial charge in [-0.3, -0.25) is 0 Å². The molecule has 3 rings (SSSR count). The number of carbonyl (C=O) groups excluding carboxylic acids is 1. The first-order valence-electron chi connectivity index (χ1n) is 7.18. The Morgan fingerprint density at radius 3 is 2.80 bits per heavy atom. The largest absolute Gasteiger partial charge is 0.459 e. The summed E-state index contributed by atoms with van der Waals surface area (Å²) < 4.78 is 11.0. The predicted octanol–water partition coefficient (Wildman–Crippen LogP) is 4.32. The van der Waals surface area contributed by atoms with Crippen molar-refractivity contribution in [2.75, 3.05) is 0 Å². The van der Waals surface area contributed by atoms with Crippen molar-refractivity contribution in [2.24, 2.45) is 0 Å². The van der Waals surface area contributed by atoms with Crippen LogP contribution in [0.1, 0.15) is 37.9 Å². The van der Waals surface area contributed by atoms with Gasteiger partial charge in [0.25, 0.3) is 0 Å². The van der Waals surface area contributed by atoms with Gasteiger partial charge in [-0.15, -0.1) is 0 Å². The number of benzene rings is 1. The van der Waals surface area contributed by atoms with E-state index in [0.717, 1.165) is 36.7 Å². The number of hydrogen-bond acceptors (Lipinski definition) is 3. The number of rotatable bonds is 3. The second kappa shape index (κ2) is 5.95. The maximum Gasteiger partial charge on any atom is 0.331 e. The van der Waals surface area contributed by atoms with Crippen LogP contribution in [0.2, 0.25) is 0 Å². The smallest absolute Gasteiger partial charge is 0.331 e. The van der Waals surface area contributed by atoms with E-state index in [-0.39, 0.29) is 12.1 Å². The Morgan fingerprint density at radius 2 is 2.00 bits per heavy atom. The number of furan rings is 1. The minimum atomic E-state index is -0.280. The minimum absolute atomic E-state index is 0.0940. The number of fused-ring (bicyclic) bond motifs is 1. The summed E-state index contributed by atoms with van der Waals surface area (Å²) in [6.07, 6.45) is 8.77. The van der Waals surface area contributed by atoms with Gasteiger partial charge in [-0.05, 0) is 43.9 Å². The lowest BCUT2D eigenvalue weighted by molar-refractivity contribution is -0.144. The fourth-order valence-electron chi connectivity index (χ4n) is 2.62. The minimum Gasteiger partial charge on any atom is -0.459 e. The second-order valence-electron chi connectivity index (χ2n) is 5.22. The Balaban J connectivity index is 1.62. The number of ether oxygens (including phenoxy) is 1. The molecule has 0 aliphatic heterocycles. The molecule has 0 spiro atoms. The van der Waals surface area contributed by atoms with E-state index in [2.05, 4.69) is 0 Å². The number of esters is 1. The van der Waals surface area contributed by atoms with Crippen molar-refractivity contribution in [1.82, 2.24) is 0 Å². The summed E-state index contributed by atoms with van der Waals surface area (Å²) in [5.41, 5.74) is 0.827. The summed E-state index contributed by atoms with van der Waals surface area (Å²) in [4.78, 5) is 11.7. The molecule has 1 aromatic carbocycles. The second-order valence-corrected chi connectivity index (χ2v) is 5.22. The Morgan fingerprint density at radius 1 is 1.20 bits per heavy atom. The van der Waals surface area contributed by atoms with Crippen molar-refractivity contribution in [3.8, 4) is 0 Å². The van der Waals surface area contributed by atoms with Crippen LogP contribution in [-0.2, 0) is 9.53 Å². The van der Waals surface area contributed by atoms with Crippen LogP contribution in [0.4, 0.5) is 0 Å². The summed E-state index contributed by atoms with van der Waals surface area (Å²) in [5, 5.41) is 1.03. The fraction of sp³-hybridized carbons (Fsp3) is 0.353. The van der Waals surface area contributed by atoms with E-state index < -0.39 is 0 Å². The fourth-order valence-corrected chi connectivity index (χ4v) is 2.62. The summed E-state index contributed by atoms with van der Waals surface area (Å²) in [5.74, 6) is 0.393. The van der Waals surface area contributed by atoms with Crippen LogP contribution >= 0.6 is 0 Å². The van der Waals surface area contributed by atoms with Crippen molar-refractivity contribution in [2.45, 2.75) is 38.2 Å². The van der Waals surface area contributed by atoms with Crippen molar-refractivity contribution >= 4 is 23.0 Å². The Labute approximate surface area is 118 Å². The predicted molar refractivity (Wildman–Crippen MR) is 78.2 cm³/mol. The van der Waals surface area contributed by atoms with Crippen LogP contribution in [-0.4, -0.2) is 12.1 Å². The third-order valence-corrected chi connectivity index (χ3v) is 3.66. The molecule has 3 nitrogen and oxygen atoms in total. The first-order chi connectivity index (χ1) is 9.81. The lowest BCUT2D eigenvalue weighted by Crippen LogP contribution is -2.19. The molecule has 0 unspecified atom stereocenters. The van der Waals surface area contributed by atoms with Gasteiger partial charge in [0.15, 0.2) is 0 Å². The highest BCUT2D eigenvalue weighted by Gasteiger charge is 2.16. The van der Waals surface area contributed by atoms with Gasteiger partial charge in [-0.1, -0.05) is 24.6 Å². The molecule has 0 saturated heterocycles. The average Bonchev–Trinajstić information content (AvgIpc) is 2.89. The molecular formula is C17H18O3. The highest BCUT2D eigenvalue weighted by Crippen LogP contribution is 2.21. The zero-order valence-electron chi connectivity index (χ0n) is 11.4. The Bertz CT molecular complexity index is 585. The van der Waals surface area contributed by atoms with E-state index in [9.17, 15) is 4.79 Å². The molecule has 1 aromatic heterocycles. The van der Waals surface area contributed by atoms with Crippen LogP contribution < -0.4 is 0 Å². The highest BCUT2D eigenvalue weighted by molar-refractivity contribution is 5.88. The molecule has 0 bridgehead atoms. The molecule has 2 aromatic rings. The molecule has 0 amide bonds. The van der Waals surface area contributed by atoms with Crippen LogP contribution in [0.3, 0.4) is 0 Å². The quantitative estimate of drug-likeness (QED) is 0.616. The van der Waals surface area contributed by atoms with Crippen LogP contribution in [0.25, 0.3) is 17.0 Å². The van der Waals surface area contributed by atoms with Gasteiger partial charge in [0.05, 0.1) is 0 Å². The van der Waals surface area contributed by atoms with Crippen LogP contribution in [0.5, 0.6) is 0 Å². The first kappa shape index (κ1) is 13.0. The van der Waals surface area contributed by atoms with E-state index in [0.29, 0.717) is 5.76 Å². The number of para-hydroxylation sites is 1. The summed E-state index contributed by atoms with van der Waals surface area (Å²) in [6, 6.07) is 9.70. The SMILES string of the molecule is O=C(/C=C/c1cc2ccccc2o1)OC1CCCCC1. The normalized spacial score (nSPS) is 16.8. The van der Waals surface area contributed by atoms with Gasteiger partial charge >= 0.3 is 5.97 Å². The van der Waals surface area contributed by atoms with Crippen LogP contribution in [0, 0.1) is 0 Å². The molecular weight excluding hydrogens is 252 g/mol. The lowest BCUT2D eigenvalue weighted by atomic mass is 9.98. The topological polar surface area (TPSA) is 39.4 Å². The molecule has 0 radical (unpaired) electrons. The maximum absolute atomic E-state index is 11.7. The monoisotopic (exact) mass is 270 g/mol. The molecule has 0 N–H and O–H groups in total. The zero-order valence-corrected chi connectivity index (χ0v) is 11.4. The summed E-state index contributed by atoms with van der Waals surface area (Å²) >= 11 is 0. The van der Waals surface area contributed by atoms with Crippen molar-refractivity contribution in [3.63, 3.8) is 0 Å². The maximum atomic E-state index is 11.7. The van der Waals surface area contributed by atoms with E-state index in [1.165, 1.54) is 12.5 Å². The summed E-state index contributed by atoms with van der Waals surface area (Å²) in [7, 11) is 0. The standard InChI is InChI=1S/C17H18O3/c18-17(20-14-7-2-1-3-8-14)11-10-15-12-13-6-4-5-9-16(13)19-15/h4-6,9-12,14H,1-3,7-8H2/b11-10+. The van der Waals surface area contributed by atoms with Crippen LogP contribution in [0.15, 0.2) is 40.8 Å². The van der Waals surface area contributed by atoms with Gasteiger partial charge in [0.2, 0.25) is 0 Å². The Hall–Kier alpha value is -2.03. The van der Waals surface area contributed by atoms with E-state index in [1.54, 1.807) is 6.08 Å². The van der Waals surface area contributed by atoms with E-state index in [1.807, 2.05) is 30.3 Å². The molecule has 0 atom stereocenters. The van der Waals surface area contributed by atoms with Gasteiger partial charge in [0, 0.05) is 11.5 Å². The highest BCUT2D eigenvalue weighted by atomic mass is 16.5. The van der Waals surface area contributed by atoms with Gasteiger partial charge in [-0.25, -0.2) is 4.79 Å². The molecule has 1 aliphatic rings. The van der Waals surface area contributed by atoms with E-state index >= 15 is 0 Å². The van der Waals surface area contributed by atoms with Crippen molar-refractivity contribution in [3.05, 3.63) is 42.2 Å². The number of hydrogen-bond donors (Lipinski definition) is 0. The molecule has 3 heteroatoms. The summed E-state index contributed by atoms with van der Waals surface area (Å²) in [6.45, 7) is 0. The molecule has 20 heavy (non-hydrogen) atoms. The van der Waals surface area contributed by atoms with Crippen molar-refractivity contribution in [1.29, 1.82) is 0 Å². The molecule has 1 fully saturated rings. The first-order valence-corrected chi connectivity index (χ1v) is 7.18. The molecule has 1 heterocycles. The average molecular weight is 270 g/mol. The van der Waals surface area contributed by atoms with Gasteiger partial charge < -0.3 is 9.15 Å².